The number of anilines is 1. The number of nitrogens with one attached hydrogen (secondary N) is 1. The first kappa shape index (κ1) is 15.8. The van der Waals surface area contributed by atoms with Gasteiger partial charge in [0, 0.05) is 12.2 Å². The van der Waals surface area contributed by atoms with Crippen LogP contribution < -0.4 is 10.1 Å². The van der Waals surface area contributed by atoms with E-state index < -0.39 is 0 Å². The monoisotopic (exact) mass is 317 g/mol. The van der Waals surface area contributed by atoms with Gasteiger partial charge in [0.2, 0.25) is 0 Å². The average molecular weight is 317 g/mol. The molecule has 0 aliphatic carbocycles. The fourth-order valence-electron chi connectivity index (χ4n) is 2.80. The topological polar surface area (TPSA) is 57.9 Å². The summed E-state index contributed by atoms with van der Waals surface area (Å²) in [4.78, 5) is 4.45. The predicted octanol–water partition coefficient (Wildman–Crippen LogP) is 4.34. The average Bonchev–Trinajstić information content (AvgIpc) is 2.59. The van der Waals surface area contributed by atoms with E-state index in [0.29, 0.717) is 17.9 Å². The van der Waals surface area contributed by atoms with Gasteiger partial charge in [-0.2, -0.15) is 5.26 Å². The molecule has 0 spiro atoms. The first-order chi connectivity index (χ1) is 11.6. The number of methoxy groups -OCH3 is 1. The summed E-state index contributed by atoms with van der Waals surface area (Å²) in [5, 5.41) is 14.9. The molecule has 0 saturated carbocycles. The lowest BCUT2D eigenvalue weighted by molar-refractivity contribution is 0.415. The summed E-state index contributed by atoms with van der Waals surface area (Å²) >= 11 is 0. The molecular weight excluding hydrogens is 298 g/mol. The van der Waals surface area contributed by atoms with E-state index in [1.54, 1.807) is 7.11 Å². The highest BCUT2D eigenvalue weighted by molar-refractivity contribution is 5.84. The van der Waals surface area contributed by atoms with Crippen molar-refractivity contribution in [2.75, 3.05) is 12.4 Å². The zero-order valence-electron chi connectivity index (χ0n) is 14.1. The van der Waals surface area contributed by atoms with Crippen molar-refractivity contribution in [1.82, 2.24) is 4.98 Å². The molecule has 0 fully saturated rings. The van der Waals surface area contributed by atoms with Crippen molar-refractivity contribution in [3.8, 4) is 11.8 Å². The number of nitrogens with zero attached hydrogens (tertiary/aromatic N) is 2. The van der Waals surface area contributed by atoms with Gasteiger partial charge in [-0.1, -0.05) is 18.2 Å². The fourth-order valence-corrected chi connectivity index (χ4v) is 2.80. The maximum absolute atomic E-state index is 9.34. The van der Waals surface area contributed by atoms with Crippen LogP contribution in [0.25, 0.3) is 10.8 Å². The van der Waals surface area contributed by atoms with Crippen LogP contribution in [0, 0.1) is 25.2 Å². The van der Waals surface area contributed by atoms with Crippen molar-refractivity contribution in [1.29, 1.82) is 5.26 Å². The van der Waals surface area contributed by atoms with Crippen molar-refractivity contribution in [2.24, 2.45) is 0 Å². The fraction of sp³-hybridized carbons (Fsp3) is 0.200. The highest BCUT2D eigenvalue weighted by Crippen LogP contribution is 2.23. The Hall–Kier alpha value is -3.06. The van der Waals surface area contributed by atoms with Crippen LogP contribution in [-0.2, 0) is 6.54 Å². The lowest BCUT2D eigenvalue weighted by atomic mass is 10.1. The molecule has 4 nitrogen and oxygen atoms in total. The highest BCUT2D eigenvalue weighted by Gasteiger charge is 2.08. The van der Waals surface area contributed by atoms with E-state index in [1.807, 2.05) is 38.1 Å². The molecule has 4 heteroatoms. The van der Waals surface area contributed by atoms with E-state index >= 15 is 0 Å². The van der Waals surface area contributed by atoms with Gasteiger partial charge in [0.15, 0.2) is 0 Å². The second-order valence-corrected chi connectivity index (χ2v) is 5.82. The maximum Gasteiger partial charge on any atom is 0.144 e. The van der Waals surface area contributed by atoms with Crippen LogP contribution in [0.15, 0.2) is 42.5 Å². The summed E-state index contributed by atoms with van der Waals surface area (Å²) < 4.78 is 5.25. The first-order valence-corrected chi connectivity index (χ1v) is 7.79. The van der Waals surface area contributed by atoms with Gasteiger partial charge in [0.25, 0.3) is 0 Å². The molecule has 0 atom stereocenters. The second-order valence-electron chi connectivity index (χ2n) is 5.82. The lowest BCUT2D eigenvalue weighted by Gasteiger charge is -2.11. The van der Waals surface area contributed by atoms with Crippen molar-refractivity contribution >= 4 is 16.6 Å². The van der Waals surface area contributed by atoms with Gasteiger partial charge in [-0.05, 0) is 60.0 Å². The zero-order chi connectivity index (χ0) is 17.1. The number of hydrogen-bond acceptors (Lipinski definition) is 4. The summed E-state index contributed by atoms with van der Waals surface area (Å²) in [6.07, 6.45) is 0. The summed E-state index contributed by atoms with van der Waals surface area (Å²) in [5.74, 6) is 1.50. The molecule has 0 bridgehead atoms. The minimum Gasteiger partial charge on any atom is -0.497 e. The largest absolute Gasteiger partial charge is 0.497 e. The van der Waals surface area contributed by atoms with Crippen LogP contribution in [0.4, 0.5) is 5.82 Å². The SMILES string of the molecule is COc1ccc2cc(CNc3nc(C)cc(C)c3C#N)ccc2c1. The second kappa shape index (κ2) is 6.59. The molecule has 0 radical (unpaired) electrons. The van der Waals surface area contributed by atoms with Crippen molar-refractivity contribution in [3.63, 3.8) is 0 Å². The quantitative estimate of drug-likeness (QED) is 0.777. The van der Waals surface area contributed by atoms with Gasteiger partial charge in [-0.15, -0.1) is 0 Å². The van der Waals surface area contributed by atoms with E-state index in [4.69, 9.17) is 4.74 Å². The molecule has 1 heterocycles. The number of pyridine rings is 1. The smallest absolute Gasteiger partial charge is 0.144 e. The third kappa shape index (κ3) is 3.16. The Balaban J connectivity index is 1.85. The molecule has 3 aromatic rings. The highest BCUT2D eigenvalue weighted by atomic mass is 16.5. The number of aromatic nitrogens is 1. The molecule has 2 aromatic carbocycles. The van der Waals surface area contributed by atoms with Gasteiger partial charge < -0.3 is 10.1 Å². The Morgan fingerprint density at radius 1 is 1.08 bits per heavy atom. The zero-order valence-corrected chi connectivity index (χ0v) is 14.1. The lowest BCUT2D eigenvalue weighted by Crippen LogP contribution is -2.05. The van der Waals surface area contributed by atoms with Gasteiger partial charge in [-0.25, -0.2) is 4.98 Å². The molecular formula is C20H19N3O. The molecule has 1 N–H and O–H groups in total. The summed E-state index contributed by atoms with van der Waals surface area (Å²) in [6.45, 7) is 4.48. The molecule has 0 aliphatic rings. The van der Waals surface area contributed by atoms with Crippen LogP contribution in [0.3, 0.4) is 0 Å². The van der Waals surface area contributed by atoms with Crippen molar-refractivity contribution < 1.29 is 4.74 Å². The molecule has 0 unspecified atom stereocenters. The van der Waals surface area contributed by atoms with Crippen LogP contribution in [0.1, 0.15) is 22.4 Å². The van der Waals surface area contributed by atoms with Crippen LogP contribution >= 0.6 is 0 Å². The first-order valence-electron chi connectivity index (χ1n) is 7.79. The summed E-state index contributed by atoms with van der Waals surface area (Å²) in [5.41, 5.74) is 3.58. The molecule has 1 aromatic heterocycles. The number of ether oxygens (including phenoxy) is 1. The maximum atomic E-state index is 9.34. The summed E-state index contributed by atoms with van der Waals surface area (Å²) in [6, 6.07) is 16.5. The predicted molar refractivity (Wildman–Crippen MR) is 96.3 cm³/mol. The Bertz CT molecular complexity index is 942. The van der Waals surface area contributed by atoms with E-state index in [0.717, 1.165) is 33.3 Å². The molecule has 3 rings (SSSR count). The number of rotatable bonds is 4. The molecule has 0 amide bonds. The molecule has 24 heavy (non-hydrogen) atoms. The molecule has 120 valence electrons. The minimum absolute atomic E-state index is 0.603. The van der Waals surface area contributed by atoms with Gasteiger partial charge in [0.1, 0.15) is 17.6 Å². The third-order valence-corrected chi connectivity index (χ3v) is 4.03. The van der Waals surface area contributed by atoms with Crippen molar-refractivity contribution in [2.45, 2.75) is 20.4 Å². The normalized spacial score (nSPS) is 10.4. The molecule has 0 saturated heterocycles. The Kier molecular flexibility index (Phi) is 4.35. The number of hydrogen-bond donors (Lipinski definition) is 1. The summed E-state index contributed by atoms with van der Waals surface area (Å²) in [7, 11) is 1.67. The van der Waals surface area contributed by atoms with E-state index in [1.165, 1.54) is 0 Å². The van der Waals surface area contributed by atoms with E-state index in [-0.39, 0.29) is 0 Å². The van der Waals surface area contributed by atoms with Crippen LogP contribution in [0.5, 0.6) is 5.75 Å². The number of aryl methyl sites for hydroxylation is 2. The Labute approximate surface area is 141 Å². The van der Waals surface area contributed by atoms with E-state index in [2.05, 4.69) is 34.6 Å². The number of fused-ring (bicyclic) bond motifs is 1. The van der Waals surface area contributed by atoms with Gasteiger partial charge >= 0.3 is 0 Å². The van der Waals surface area contributed by atoms with Gasteiger partial charge in [-0.3, -0.25) is 0 Å². The standard InChI is InChI=1S/C20H19N3O/c1-13-8-14(2)23-20(19(13)11-21)22-12-15-4-5-17-10-18(24-3)7-6-16(17)9-15/h4-10H,12H2,1-3H3,(H,22,23). The van der Waals surface area contributed by atoms with Gasteiger partial charge in [0.05, 0.1) is 12.7 Å². The third-order valence-electron chi connectivity index (χ3n) is 4.03. The minimum atomic E-state index is 0.603. The number of nitriles is 1. The van der Waals surface area contributed by atoms with Crippen molar-refractivity contribution in [3.05, 3.63) is 64.8 Å². The van der Waals surface area contributed by atoms with Crippen LogP contribution in [-0.4, -0.2) is 12.1 Å². The molecule has 0 aliphatic heterocycles. The van der Waals surface area contributed by atoms with Crippen LogP contribution in [0.2, 0.25) is 0 Å². The Morgan fingerprint density at radius 3 is 2.58 bits per heavy atom. The Morgan fingerprint density at radius 2 is 1.83 bits per heavy atom. The van der Waals surface area contributed by atoms with E-state index in [9.17, 15) is 5.26 Å². The number of benzene rings is 2.